The average molecular weight is 287 g/mol. The van der Waals surface area contributed by atoms with Crippen molar-refractivity contribution >= 4 is 5.69 Å². The molecule has 0 spiro atoms. The summed E-state index contributed by atoms with van der Waals surface area (Å²) in [6.45, 7) is -0.132. The summed E-state index contributed by atoms with van der Waals surface area (Å²) in [6.07, 6.45) is -9.49. The lowest BCUT2D eigenvalue weighted by atomic mass is 10.1. The highest BCUT2D eigenvalue weighted by atomic mass is 19.4. The summed E-state index contributed by atoms with van der Waals surface area (Å²) in [5.41, 5.74) is -3.02. The Morgan fingerprint density at radius 1 is 0.895 bits per heavy atom. The molecule has 0 aliphatic rings. The van der Waals surface area contributed by atoms with Crippen molar-refractivity contribution in [3.05, 3.63) is 29.3 Å². The number of rotatable bonds is 4. The van der Waals surface area contributed by atoms with E-state index in [2.05, 4.69) is 5.32 Å². The van der Waals surface area contributed by atoms with E-state index in [0.29, 0.717) is 12.1 Å². The summed E-state index contributed by atoms with van der Waals surface area (Å²) in [4.78, 5) is 0. The van der Waals surface area contributed by atoms with E-state index >= 15 is 0 Å². The molecule has 0 saturated carbocycles. The molecule has 19 heavy (non-hydrogen) atoms. The van der Waals surface area contributed by atoms with Crippen molar-refractivity contribution in [2.24, 2.45) is 0 Å². The van der Waals surface area contributed by atoms with Crippen molar-refractivity contribution in [3.63, 3.8) is 0 Å². The summed E-state index contributed by atoms with van der Waals surface area (Å²) in [7, 11) is 0. The number of alkyl halides is 6. The zero-order valence-corrected chi connectivity index (χ0v) is 9.57. The minimum Gasteiger partial charge on any atom is -0.396 e. The number of hydrogen-bond donors (Lipinski definition) is 2. The van der Waals surface area contributed by atoms with Crippen LogP contribution in [0.3, 0.4) is 0 Å². The molecule has 2 nitrogen and oxygen atoms in total. The predicted octanol–water partition coefficient (Wildman–Crippen LogP) is 3.52. The van der Waals surface area contributed by atoms with Gasteiger partial charge in [-0.25, -0.2) is 0 Å². The fourth-order valence-electron chi connectivity index (χ4n) is 1.37. The minimum absolute atomic E-state index is 0.0667. The average Bonchev–Trinajstić information content (AvgIpc) is 2.27. The predicted molar refractivity (Wildman–Crippen MR) is 56.6 cm³/mol. The molecular weight excluding hydrogens is 276 g/mol. The van der Waals surface area contributed by atoms with Crippen LogP contribution >= 0.6 is 0 Å². The highest BCUT2D eigenvalue weighted by Crippen LogP contribution is 2.37. The Hall–Kier alpha value is -1.44. The molecule has 1 aromatic rings. The van der Waals surface area contributed by atoms with E-state index in [1.54, 1.807) is 0 Å². The molecule has 0 unspecified atom stereocenters. The van der Waals surface area contributed by atoms with Crippen LogP contribution in [0, 0.1) is 0 Å². The van der Waals surface area contributed by atoms with Crippen LogP contribution in [-0.4, -0.2) is 18.3 Å². The number of nitrogens with one attached hydrogen (secondary N) is 1. The van der Waals surface area contributed by atoms with Crippen molar-refractivity contribution in [2.45, 2.75) is 18.8 Å². The topological polar surface area (TPSA) is 32.3 Å². The summed E-state index contributed by atoms with van der Waals surface area (Å²) in [5.74, 6) is 0. The zero-order chi connectivity index (χ0) is 14.7. The first-order chi connectivity index (χ1) is 8.64. The highest BCUT2D eigenvalue weighted by Gasteiger charge is 2.36. The van der Waals surface area contributed by atoms with Crippen molar-refractivity contribution in [2.75, 3.05) is 18.5 Å². The molecule has 0 saturated heterocycles. The van der Waals surface area contributed by atoms with Crippen LogP contribution in [-0.2, 0) is 12.4 Å². The number of anilines is 1. The Bertz CT molecular complexity index is 394. The van der Waals surface area contributed by atoms with E-state index in [-0.39, 0.29) is 31.3 Å². The van der Waals surface area contributed by atoms with Gasteiger partial charge in [-0.3, -0.25) is 0 Å². The summed E-state index contributed by atoms with van der Waals surface area (Å²) >= 11 is 0. The molecule has 1 rings (SSSR count). The maximum atomic E-state index is 12.5. The van der Waals surface area contributed by atoms with E-state index < -0.39 is 23.5 Å². The van der Waals surface area contributed by atoms with Crippen LogP contribution < -0.4 is 5.32 Å². The standard InChI is InChI=1S/C11H11F6NO/c12-10(13,14)7-4-8(11(15,16)17)6-9(5-7)18-2-1-3-19/h4-6,18-19H,1-3H2. The van der Waals surface area contributed by atoms with E-state index in [1.165, 1.54) is 0 Å². The van der Waals surface area contributed by atoms with E-state index in [9.17, 15) is 26.3 Å². The fraction of sp³-hybridized carbons (Fsp3) is 0.455. The molecule has 0 bridgehead atoms. The maximum Gasteiger partial charge on any atom is 0.416 e. The molecule has 0 aromatic heterocycles. The smallest absolute Gasteiger partial charge is 0.396 e. The first-order valence-corrected chi connectivity index (χ1v) is 5.29. The van der Waals surface area contributed by atoms with E-state index in [4.69, 9.17) is 5.11 Å². The first-order valence-electron chi connectivity index (χ1n) is 5.29. The van der Waals surface area contributed by atoms with Crippen LogP contribution in [0.15, 0.2) is 18.2 Å². The Labute approximate surface area is 105 Å². The molecule has 0 heterocycles. The lowest BCUT2D eigenvalue weighted by Crippen LogP contribution is -2.13. The van der Waals surface area contributed by atoms with Gasteiger partial charge in [0.05, 0.1) is 11.1 Å². The molecular formula is C11H11F6NO. The van der Waals surface area contributed by atoms with Gasteiger partial charge in [0.1, 0.15) is 0 Å². The molecule has 2 N–H and O–H groups in total. The van der Waals surface area contributed by atoms with Crippen LogP contribution in [0.2, 0.25) is 0 Å². The third-order valence-electron chi connectivity index (χ3n) is 2.25. The number of aliphatic hydroxyl groups excluding tert-OH is 1. The number of halogens is 6. The summed E-state index contributed by atoms with van der Waals surface area (Å²) in [6, 6.07) is 1.27. The van der Waals surface area contributed by atoms with Crippen LogP contribution in [0.25, 0.3) is 0 Å². The van der Waals surface area contributed by atoms with Gasteiger partial charge in [-0.05, 0) is 24.6 Å². The van der Waals surface area contributed by atoms with Crippen LogP contribution in [0.1, 0.15) is 17.5 Å². The lowest BCUT2D eigenvalue weighted by Gasteiger charge is -2.15. The van der Waals surface area contributed by atoms with Gasteiger partial charge in [0.25, 0.3) is 0 Å². The van der Waals surface area contributed by atoms with Gasteiger partial charge in [0.15, 0.2) is 0 Å². The fourth-order valence-corrected chi connectivity index (χ4v) is 1.37. The SMILES string of the molecule is OCCCNc1cc(C(F)(F)F)cc(C(F)(F)F)c1. The zero-order valence-electron chi connectivity index (χ0n) is 9.57. The van der Waals surface area contributed by atoms with Crippen LogP contribution in [0.4, 0.5) is 32.0 Å². The molecule has 0 atom stereocenters. The number of benzene rings is 1. The lowest BCUT2D eigenvalue weighted by molar-refractivity contribution is -0.143. The van der Waals surface area contributed by atoms with Crippen molar-refractivity contribution in [1.82, 2.24) is 0 Å². The second kappa shape index (κ2) is 5.68. The van der Waals surface area contributed by atoms with Crippen LogP contribution in [0.5, 0.6) is 0 Å². The van der Waals surface area contributed by atoms with E-state index in [0.717, 1.165) is 0 Å². The van der Waals surface area contributed by atoms with Gasteiger partial charge >= 0.3 is 12.4 Å². The second-order valence-electron chi connectivity index (χ2n) is 3.80. The van der Waals surface area contributed by atoms with E-state index in [1.807, 2.05) is 0 Å². The third kappa shape index (κ3) is 4.62. The molecule has 0 amide bonds. The van der Waals surface area contributed by atoms with Gasteiger partial charge in [0.2, 0.25) is 0 Å². The molecule has 0 radical (unpaired) electrons. The molecule has 0 aliphatic heterocycles. The van der Waals surface area contributed by atoms with Gasteiger partial charge in [-0.1, -0.05) is 0 Å². The quantitative estimate of drug-likeness (QED) is 0.656. The molecule has 108 valence electrons. The normalized spacial score (nSPS) is 12.6. The third-order valence-corrected chi connectivity index (χ3v) is 2.25. The van der Waals surface area contributed by atoms with Gasteiger partial charge in [-0.15, -0.1) is 0 Å². The number of aliphatic hydroxyl groups is 1. The van der Waals surface area contributed by atoms with Crippen molar-refractivity contribution < 1.29 is 31.4 Å². The molecule has 8 heteroatoms. The maximum absolute atomic E-state index is 12.5. The highest BCUT2D eigenvalue weighted by molar-refractivity contribution is 5.50. The van der Waals surface area contributed by atoms with Crippen molar-refractivity contribution in [1.29, 1.82) is 0 Å². The van der Waals surface area contributed by atoms with Gasteiger partial charge < -0.3 is 10.4 Å². The molecule has 0 fully saturated rings. The Morgan fingerprint density at radius 2 is 1.37 bits per heavy atom. The van der Waals surface area contributed by atoms with Gasteiger partial charge in [-0.2, -0.15) is 26.3 Å². The Morgan fingerprint density at radius 3 is 1.74 bits per heavy atom. The minimum atomic E-state index is -4.85. The monoisotopic (exact) mass is 287 g/mol. The Balaban J connectivity index is 3.10. The Kier molecular flexibility index (Phi) is 4.67. The first kappa shape index (κ1) is 15.6. The largest absolute Gasteiger partial charge is 0.416 e. The van der Waals surface area contributed by atoms with Crippen molar-refractivity contribution in [3.8, 4) is 0 Å². The second-order valence-corrected chi connectivity index (χ2v) is 3.80. The number of hydrogen-bond acceptors (Lipinski definition) is 2. The molecule has 0 aliphatic carbocycles. The summed E-state index contributed by atoms with van der Waals surface area (Å²) < 4.78 is 74.9. The van der Waals surface area contributed by atoms with Gasteiger partial charge in [0, 0.05) is 18.8 Å². The molecule has 1 aromatic carbocycles. The summed E-state index contributed by atoms with van der Waals surface area (Å²) in [5, 5.41) is 10.9.